The molecule has 0 bridgehead atoms. The molecule has 0 aromatic heterocycles. The first-order chi connectivity index (χ1) is 6.02. The number of hydrogen-bond donors (Lipinski definition) is 2. The van der Waals surface area contributed by atoms with Gasteiger partial charge in [0.25, 0.3) is 0 Å². The van der Waals surface area contributed by atoms with E-state index in [2.05, 4.69) is 0 Å². The molecule has 0 unspecified atom stereocenters. The van der Waals surface area contributed by atoms with Gasteiger partial charge in [0.2, 0.25) is 5.91 Å². The van der Waals surface area contributed by atoms with E-state index in [0.717, 1.165) is 12.8 Å². The van der Waals surface area contributed by atoms with Gasteiger partial charge in [-0.25, -0.2) is 0 Å². The van der Waals surface area contributed by atoms with Crippen molar-refractivity contribution < 1.29 is 14.7 Å². The van der Waals surface area contributed by atoms with E-state index in [1.165, 1.54) is 4.90 Å². The van der Waals surface area contributed by atoms with Crippen molar-refractivity contribution in [3.8, 4) is 0 Å². The molecule has 1 aliphatic rings. The van der Waals surface area contributed by atoms with Gasteiger partial charge in [-0.05, 0) is 19.8 Å². The van der Waals surface area contributed by atoms with Gasteiger partial charge in [-0.3, -0.25) is 9.59 Å². The third kappa shape index (κ3) is 2.69. The third-order valence-corrected chi connectivity index (χ3v) is 1.97. The molecule has 0 spiro atoms. The molecule has 1 fully saturated rings. The number of aliphatic carboxylic acids is 1. The van der Waals surface area contributed by atoms with Gasteiger partial charge in [0.05, 0.1) is 6.04 Å². The Hall–Kier alpha value is -1.10. The lowest BCUT2D eigenvalue weighted by molar-refractivity contribution is -0.145. The molecule has 74 valence electrons. The van der Waals surface area contributed by atoms with Crippen molar-refractivity contribution in [3.63, 3.8) is 0 Å². The van der Waals surface area contributed by atoms with E-state index in [4.69, 9.17) is 10.8 Å². The smallest absolute Gasteiger partial charge is 0.323 e. The summed E-state index contributed by atoms with van der Waals surface area (Å²) in [7, 11) is 0. The molecule has 0 aromatic rings. The number of rotatable bonds is 4. The maximum absolute atomic E-state index is 11.4. The highest BCUT2D eigenvalue weighted by Gasteiger charge is 2.34. The van der Waals surface area contributed by atoms with Crippen LogP contribution in [0.15, 0.2) is 0 Å². The Morgan fingerprint density at radius 3 is 2.46 bits per heavy atom. The Kier molecular flexibility index (Phi) is 2.87. The van der Waals surface area contributed by atoms with E-state index < -0.39 is 12.0 Å². The summed E-state index contributed by atoms with van der Waals surface area (Å²) < 4.78 is 0. The predicted molar refractivity (Wildman–Crippen MR) is 46.0 cm³/mol. The van der Waals surface area contributed by atoms with Crippen molar-refractivity contribution >= 4 is 11.9 Å². The van der Waals surface area contributed by atoms with Crippen molar-refractivity contribution in [2.24, 2.45) is 5.73 Å². The molecule has 0 aromatic carbocycles. The van der Waals surface area contributed by atoms with Crippen LogP contribution in [0, 0.1) is 0 Å². The fourth-order valence-electron chi connectivity index (χ4n) is 1.18. The molecule has 3 N–H and O–H groups in total. The first-order valence-electron chi connectivity index (χ1n) is 4.30. The molecule has 1 saturated carbocycles. The maximum atomic E-state index is 11.4. The third-order valence-electron chi connectivity index (χ3n) is 1.97. The zero-order chi connectivity index (χ0) is 10.0. The van der Waals surface area contributed by atoms with Gasteiger partial charge < -0.3 is 15.7 Å². The Morgan fingerprint density at radius 2 is 2.15 bits per heavy atom. The summed E-state index contributed by atoms with van der Waals surface area (Å²) in [6, 6.07) is -0.505. The minimum absolute atomic E-state index is 0.106. The SMILES string of the molecule is C[C@H](N)C(=O)N(CC(=O)O)C1CC1. The van der Waals surface area contributed by atoms with Crippen LogP contribution in [0.3, 0.4) is 0 Å². The monoisotopic (exact) mass is 186 g/mol. The number of amides is 1. The van der Waals surface area contributed by atoms with Gasteiger partial charge in [0.1, 0.15) is 6.54 Å². The molecule has 0 radical (unpaired) electrons. The lowest BCUT2D eigenvalue weighted by atomic mass is 10.3. The molecule has 0 saturated heterocycles. The van der Waals surface area contributed by atoms with Crippen LogP contribution in [0.25, 0.3) is 0 Å². The first-order valence-corrected chi connectivity index (χ1v) is 4.30. The van der Waals surface area contributed by atoms with Gasteiger partial charge in [-0.2, -0.15) is 0 Å². The molecule has 5 nitrogen and oxygen atoms in total. The lowest BCUT2D eigenvalue weighted by Gasteiger charge is -2.21. The summed E-state index contributed by atoms with van der Waals surface area (Å²) in [5.74, 6) is -1.26. The minimum Gasteiger partial charge on any atom is -0.480 e. The Labute approximate surface area is 76.5 Å². The molecule has 1 aliphatic carbocycles. The topological polar surface area (TPSA) is 83.6 Å². The quantitative estimate of drug-likeness (QED) is 0.614. The van der Waals surface area contributed by atoms with E-state index in [0.29, 0.717) is 0 Å². The lowest BCUT2D eigenvalue weighted by Crippen LogP contribution is -2.45. The van der Waals surface area contributed by atoms with Crippen molar-refractivity contribution in [1.82, 2.24) is 4.90 Å². The van der Waals surface area contributed by atoms with E-state index in [-0.39, 0.29) is 18.5 Å². The Balaban J connectivity index is 2.56. The van der Waals surface area contributed by atoms with Crippen LogP contribution >= 0.6 is 0 Å². The summed E-state index contributed by atoms with van der Waals surface area (Å²) in [6.45, 7) is 1.34. The molecule has 0 heterocycles. The van der Waals surface area contributed by atoms with Crippen molar-refractivity contribution in [1.29, 1.82) is 0 Å². The summed E-state index contributed by atoms with van der Waals surface area (Å²) in [6.07, 6.45) is 1.79. The maximum Gasteiger partial charge on any atom is 0.323 e. The molecular weight excluding hydrogens is 172 g/mol. The zero-order valence-electron chi connectivity index (χ0n) is 7.56. The molecule has 1 rings (SSSR count). The summed E-state index contributed by atoms with van der Waals surface area (Å²) >= 11 is 0. The predicted octanol–water partition coefficient (Wildman–Crippen LogP) is -0.591. The van der Waals surface area contributed by atoms with Gasteiger partial charge >= 0.3 is 5.97 Å². The highest BCUT2D eigenvalue weighted by Crippen LogP contribution is 2.26. The second-order valence-electron chi connectivity index (χ2n) is 3.38. The fraction of sp³-hybridized carbons (Fsp3) is 0.750. The van der Waals surface area contributed by atoms with Crippen LogP contribution < -0.4 is 5.73 Å². The zero-order valence-corrected chi connectivity index (χ0v) is 7.56. The number of carboxylic acids is 1. The molecule has 1 atom stereocenters. The molecular formula is C8H14N2O3. The molecule has 13 heavy (non-hydrogen) atoms. The van der Waals surface area contributed by atoms with Crippen molar-refractivity contribution in [3.05, 3.63) is 0 Å². The van der Waals surface area contributed by atoms with Crippen molar-refractivity contribution in [2.45, 2.75) is 31.8 Å². The number of nitrogens with zero attached hydrogens (tertiary/aromatic N) is 1. The Bertz CT molecular complexity index is 223. The second-order valence-corrected chi connectivity index (χ2v) is 3.38. The van der Waals surface area contributed by atoms with E-state index in [1.807, 2.05) is 0 Å². The number of hydrogen-bond acceptors (Lipinski definition) is 3. The summed E-state index contributed by atoms with van der Waals surface area (Å²) in [4.78, 5) is 23.2. The molecule has 1 amide bonds. The Morgan fingerprint density at radius 1 is 1.62 bits per heavy atom. The van der Waals surface area contributed by atoms with Crippen LogP contribution in [0.2, 0.25) is 0 Å². The number of carboxylic acid groups (broad SMARTS) is 1. The minimum atomic E-state index is -0.985. The highest BCUT2D eigenvalue weighted by atomic mass is 16.4. The van der Waals surface area contributed by atoms with Gasteiger partial charge in [0.15, 0.2) is 0 Å². The number of carbonyl (C=O) groups is 2. The van der Waals surface area contributed by atoms with Crippen LogP contribution in [0.1, 0.15) is 19.8 Å². The fourth-order valence-corrected chi connectivity index (χ4v) is 1.18. The number of carbonyl (C=O) groups excluding carboxylic acids is 1. The van der Waals surface area contributed by atoms with Crippen LogP contribution in [-0.4, -0.2) is 40.5 Å². The van der Waals surface area contributed by atoms with Crippen LogP contribution in [0.5, 0.6) is 0 Å². The van der Waals surface area contributed by atoms with Gasteiger partial charge in [-0.1, -0.05) is 0 Å². The summed E-state index contributed by atoms with van der Waals surface area (Å²) in [5, 5.41) is 8.56. The molecule has 5 heteroatoms. The first kappa shape index (κ1) is 9.98. The summed E-state index contributed by atoms with van der Waals surface area (Å²) in [5.41, 5.74) is 5.39. The second kappa shape index (κ2) is 3.74. The van der Waals surface area contributed by atoms with Crippen molar-refractivity contribution in [2.75, 3.05) is 6.54 Å². The number of nitrogens with two attached hydrogens (primary N) is 1. The standard InChI is InChI=1S/C8H14N2O3/c1-5(9)8(13)10(4-7(11)12)6-2-3-6/h5-6H,2-4,9H2,1H3,(H,11,12)/t5-/m0/s1. The highest BCUT2D eigenvalue weighted by molar-refractivity contribution is 5.85. The largest absolute Gasteiger partial charge is 0.480 e. The van der Waals surface area contributed by atoms with Crippen LogP contribution in [0.4, 0.5) is 0 Å². The van der Waals surface area contributed by atoms with Gasteiger partial charge in [-0.15, -0.1) is 0 Å². The normalized spacial score (nSPS) is 18.0. The average Bonchev–Trinajstić information content (AvgIpc) is 2.80. The average molecular weight is 186 g/mol. The van der Waals surface area contributed by atoms with E-state index in [1.54, 1.807) is 6.92 Å². The molecule has 0 aliphatic heterocycles. The van der Waals surface area contributed by atoms with E-state index >= 15 is 0 Å². The van der Waals surface area contributed by atoms with Crippen LogP contribution in [-0.2, 0) is 9.59 Å². The van der Waals surface area contributed by atoms with E-state index in [9.17, 15) is 9.59 Å². The van der Waals surface area contributed by atoms with Gasteiger partial charge in [0, 0.05) is 6.04 Å².